The number of nitrogens with two attached hydrogens (primary N) is 1. The maximum Gasteiger partial charge on any atom is 0.305 e. The van der Waals surface area contributed by atoms with Crippen LogP contribution in [0.4, 0.5) is 5.82 Å². The van der Waals surface area contributed by atoms with Gasteiger partial charge in [-0.05, 0) is 26.0 Å². The van der Waals surface area contributed by atoms with Gasteiger partial charge in [0, 0.05) is 37.3 Å². The molecular formula is C38H37N7O7. The average Bonchev–Trinajstić information content (AvgIpc) is 3.91. The highest BCUT2D eigenvalue weighted by molar-refractivity contribution is 6.03. The number of aromatic nitrogens is 4. The number of fused-ring (bicyclic) bond motifs is 3. The molecule has 0 radical (unpaired) electrons. The molecule has 8 rings (SSSR count). The summed E-state index contributed by atoms with van der Waals surface area (Å²) in [4.78, 5) is 41.4. The van der Waals surface area contributed by atoms with E-state index in [9.17, 15) is 9.59 Å². The van der Waals surface area contributed by atoms with Gasteiger partial charge in [-0.1, -0.05) is 72.8 Å². The number of nitrogen functional groups attached to an aromatic ring is 1. The van der Waals surface area contributed by atoms with E-state index >= 15 is 0 Å². The largest absolute Gasteiger partial charge is 0.440 e. The molecule has 2 aromatic heterocycles. The van der Waals surface area contributed by atoms with E-state index in [-0.39, 0.29) is 40.9 Å². The minimum atomic E-state index is -1.39. The Balaban J connectivity index is 1.05. The van der Waals surface area contributed by atoms with Gasteiger partial charge in [0.05, 0.1) is 11.9 Å². The summed E-state index contributed by atoms with van der Waals surface area (Å²) in [5.41, 5.74) is 8.88. The molecule has 4 atom stereocenters. The van der Waals surface area contributed by atoms with Crippen molar-refractivity contribution in [2.45, 2.75) is 50.0 Å². The van der Waals surface area contributed by atoms with E-state index in [0.717, 1.165) is 11.1 Å². The third kappa shape index (κ3) is 5.70. The molecule has 52 heavy (non-hydrogen) atoms. The summed E-state index contributed by atoms with van der Waals surface area (Å²) in [5, 5.41) is 2.94. The highest BCUT2D eigenvalue weighted by atomic mass is 16.8. The van der Waals surface area contributed by atoms with Gasteiger partial charge < -0.3 is 39.6 Å². The summed E-state index contributed by atoms with van der Waals surface area (Å²) in [5.74, 6) is -2.22. The zero-order valence-electron chi connectivity index (χ0n) is 28.9. The standard InChI is InChI=1S/C38H37N7O7/c1-37(2)50-30-26(48-36(31(30)51-37)45-21-43-28-32(39)41-20-42-33(28)45)16-11-17-40-34(46)25-18-22(35(47)44(3)4)19-27-29(25)52-38(49-27,23-12-7-5-8-13-23)24-14-9-6-10-15-24/h5-16,18-21,26,30-31,36H,17H2,1-4H3,(H,40,46)(H2,39,41,42)/b16-11+/t26-,30?,31+,36-/m1/s1. The van der Waals surface area contributed by atoms with E-state index in [0.29, 0.717) is 11.2 Å². The number of rotatable bonds is 8. The predicted octanol–water partition coefficient (Wildman–Crippen LogP) is 4.19. The molecule has 5 heterocycles. The van der Waals surface area contributed by atoms with Crippen molar-refractivity contribution in [1.82, 2.24) is 29.7 Å². The number of benzene rings is 3. The van der Waals surface area contributed by atoms with Crippen molar-refractivity contribution >= 4 is 28.8 Å². The van der Waals surface area contributed by atoms with Crippen LogP contribution in [0.2, 0.25) is 0 Å². The van der Waals surface area contributed by atoms with Gasteiger partial charge in [0.15, 0.2) is 35.0 Å². The summed E-state index contributed by atoms with van der Waals surface area (Å²) in [6.45, 7) is 3.82. The predicted molar refractivity (Wildman–Crippen MR) is 188 cm³/mol. The number of hydrogen-bond donors (Lipinski definition) is 2. The molecular weight excluding hydrogens is 666 g/mol. The van der Waals surface area contributed by atoms with Gasteiger partial charge in [-0.25, -0.2) is 15.0 Å². The lowest BCUT2D eigenvalue weighted by Gasteiger charge is -2.28. The van der Waals surface area contributed by atoms with Crippen LogP contribution in [0.25, 0.3) is 11.2 Å². The smallest absolute Gasteiger partial charge is 0.305 e. The number of hydrogen-bond acceptors (Lipinski definition) is 11. The number of nitrogens with one attached hydrogen (secondary N) is 1. The van der Waals surface area contributed by atoms with E-state index in [4.69, 9.17) is 29.4 Å². The highest BCUT2D eigenvalue weighted by Gasteiger charge is 2.55. The van der Waals surface area contributed by atoms with Crippen molar-refractivity contribution in [3.63, 3.8) is 0 Å². The quantitative estimate of drug-likeness (QED) is 0.223. The van der Waals surface area contributed by atoms with Crippen molar-refractivity contribution in [3.05, 3.63) is 120 Å². The Bertz CT molecular complexity index is 2150. The molecule has 3 aliphatic rings. The molecule has 2 amide bonds. The lowest BCUT2D eigenvalue weighted by atomic mass is 9.97. The van der Waals surface area contributed by atoms with Crippen molar-refractivity contribution in [2.24, 2.45) is 0 Å². The van der Waals surface area contributed by atoms with Crippen LogP contribution in [0.15, 0.2) is 97.6 Å². The summed E-state index contributed by atoms with van der Waals surface area (Å²) in [7, 11) is 3.29. The van der Waals surface area contributed by atoms with Crippen molar-refractivity contribution in [1.29, 1.82) is 0 Å². The van der Waals surface area contributed by atoms with Gasteiger partial charge in [0.2, 0.25) is 0 Å². The Labute approximate surface area is 299 Å². The minimum absolute atomic E-state index is 0.132. The Kier molecular flexibility index (Phi) is 8.16. The van der Waals surface area contributed by atoms with Crippen LogP contribution in [-0.4, -0.2) is 81.0 Å². The number of nitrogens with zero attached hydrogens (tertiary/aromatic N) is 5. The van der Waals surface area contributed by atoms with Gasteiger partial charge in [0.25, 0.3) is 11.8 Å². The van der Waals surface area contributed by atoms with E-state index < -0.39 is 42.0 Å². The van der Waals surface area contributed by atoms with Gasteiger partial charge in [-0.3, -0.25) is 14.2 Å². The van der Waals surface area contributed by atoms with Crippen molar-refractivity contribution < 1.29 is 33.3 Å². The van der Waals surface area contributed by atoms with Crippen LogP contribution >= 0.6 is 0 Å². The summed E-state index contributed by atoms with van der Waals surface area (Å²) in [6.07, 6.45) is 4.54. The fraction of sp³-hybridized carbons (Fsp3) is 0.289. The molecule has 0 aliphatic carbocycles. The Morgan fingerprint density at radius 3 is 2.33 bits per heavy atom. The summed E-state index contributed by atoms with van der Waals surface area (Å²) < 4.78 is 34.0. The maximum atomic E-state index is 13.9. The van der Waals surface area contributed by atoms with Crippen LogP contribution in [0.1, 0.15) is 51.9 Å². The Hall–Kier alpha value is -5.83. The summed E-state index contributed by atoms with van der Waals surface area (Å²) >= 11 is 0. The van der Waals surface area contributed by atoms with Gasteiger partial charge in [-0.2, -0.15) is 0 Å². The zero-order valence-corrected chi connectivity index (χ0v) is 28.9. The Morgan fingerprint density at radius 1 is 0.942 bits per heavy atom. The lowest BCUT2D eigenvalue weighted by Crippen LogP contribution is -2.37. The van der Waals surface area contributed by atoms with Crippen molar-refractivity contribution in [3.8, 4) is 11.5 Å². The molecule has 0 spiro atoms. The third-order valence-corrected chi connectivity index (χ3v) is 9.19. The fourth-order valence-electron chi connectivity index (χ4n) is 6.86. The number of imidazole rings is 1. The van der Waals surface area contributed by atoms with Crippen LogP contribution in [-0.2, 0) is 20.0 Å². The first-order valence-electron chi connectivity index (χ1n) is 16.8. The first-order chi connectivity index (χ1) is 25.0. The molecule has 3 aromatic carbocycles. The van der Waals surface area contributed by atoms with E-state index in [2.05, 4.69) is 20.3 Å². The molecule has 3 aliphatic heterocycles. The number of ether oxygens (including phenoxy) is 5. The van der Waals surface area contributed by atoms with E-state index in [1.165, 1.54) is 17.3 Å². The molecule has 5 aromatic rings. The highest BCUT2D eigenvalue weighted by Crippen LogP contribution is 2.50. The zero-order chi connectivity index (χ0) is 36.2. The topological polar surface area (TPSA) is 165 Å². The number of carbonyl (C=O) groups is 2. The normalized spacial score (nSPS) is 22.5. The molecule has 1 unspecified atom stereocenters. The molecule has 14 nitrogen and oxygen atoms in total. The van der Waals surface area contributed by atoms with Gasteiger partial charge >= 0.3 is 5.79 Å². The fourth-order valence-corrected chi connectivity index (χ4v) is 6.86. The van der Waals surface area contributed by atoms with Crippen LogP contribution < -0.4 is 20.5 Å². The van der Waals surface area contributed by atoms with Gasteiger partial charge in [-0.15, -0.1) is 0 Å². The number of carbonyl (C=O) groups excluding carboxylic acids is 2. The minimum Gasteiger partial charge on any atom is -0.440 e. The molecule has 0 bridgehead atoms. The number of anilines is 1. The second kappa shape index (κ2) is 12.7. The molecule has 3 N–H and O–H groups in total. The van der Waals surface area contributed by atoms with Gasteiger partial charge in [0.1, 0.15) is 30.2 Å². The van der Waals surface area contributed by atoms with E-state index in [1.807, 2.05) is 80.6 Å². The first-order valence-corrected chi connectivity index (χ1v) is 16.8. The second-order valence-corrected chi connectivity index (χ2v) is 13.4. The van der Waals surface area contributed by atoms with Crippen LogP contribution in [0.5, 0.6) is 11.5 Å². The monoisotopic (exact) mass is 703 g/mol. The number of amides is 2. The van der Waals surface area contributed by atoms with E-state index in [1.54, 1.807) is 37.1 Å². The van der Waals surface area contributed by atoms with Crippen LogP contribution in [0.3, 0.4) is 0 Å². The maximum absolute atomic E-state index is 13.9. The van der Waals surface area contributed by atoms with Crippen molar-refractivity contribution in [2.75, 3.05) is 26.4 Å². The molecule has 2 saturated heterocycles. The Morgan fingerprint density at radius 2 is 1.63 bits per heavy atom. The molecule has 266 valence electrons. The average molecular weight is 704 g/mol. The van der Waals surface area contributed by atoms with Crippen LogP contribution in [0, 0.1) is 0 Å². The second-order valence-electron chi connectivity index (χ2n) is 13.4. The summed E-state index contributed by atoms with van der Waals surface area (Å²) in [6, 6.07) is 22.1. The molecule has 14 heteroatoms. The molecule has 0 saturated carbocycles. The molecule has 2 fully saturated rings. The first kappa shape index (κ1) is 33.3. The third-order valence-electron chi connectivity index (χ3n) is 9.19. The SMILES string of the molecule is CN(C)C(=O)c1cc2c(c(C(=O)NC/C=C/[C@H]3O[C@@H](n4cnc5c(N)ncnc54)[C@H]4OC(C)(C)OC34)c1)OC(c1ccccc1)(c1ccccc1)O2. The lowest BCUT2D eigenvalue weighted by molar-refractivity contribution is -0.191.